The van der Waals surface area contributed by atoms with E-state index in [1.807, 2.05) is 11.8 Å². The Morgan fingerprint density at radius 2 is 2.00 bits per heavy atom. The minimum absolute atomic E-state index is 0.0112. The van der Waals surface area contributed by atoms with Crippen LogP contribution >= 0.6 is 11.8 Å². The number of hydrogen-bond donors (Lipinski definition) is 7. The number of amides is 4. The predicted octanol–water partition coefficient (Wildman–Crippen LogP) is 1.45. The number of carbonyl (C=O) groups is 3. The number of urea groups is 1. The highest BCUT2D eigenvalue weighted by atomic mass is 32.2. The topological polar surface area (TPSA) is 181 Å². The summed E-state index contributed by atoms with van der Waals surface area (Å²) in [6, 6.07) is 4.77. The molecular formula is C23H36N6O5S. The van der Waals surface area contributed by atoms with Gasteiger partial charge in [-0.15, -0.1) is 0 Å². The molecule has 1 aromatic carbocycles. The molecule has 2 aliphatic rings. The molecule has 0 bridgehead atoms. The molecule has 11 nitrogen and oxygen atoms in total. The molecule has 12 heteroatoms. The van der Waals surface area contributed by atoms with Crippen LogP contribution in [0, 0.1) is 0 Å². The van der Waals surface area contributed by atoms with E-state index in [-0.39, 0.29) is 42.6 Å². The second-order valence-corrected chi connectivity index (χ2v) is 10.3. The Morgan fingerprint density at radius 3 is 2.77 bits per heavy atom. The highest BCUT2D eigenvalue weighted by molar-refractivity contribution is 8.00. The quantitative estimate of drug-likeness (QED) is 0.0648. The number of thioether (sulfide) groups is 1. The zero-order chi connectivity index (χ0) is 25.2. The molecule has 2 saturated heterocycles. The summed E-state index contributed by atoms with van der Waals surface area (Å²) >= 11 is 1.87. The maximum Gasteiger partial charge on any atom is 0.315 e. The Bertz CT molecular complexity index is 888. The van der Waals surface area contributed by atoms with Crippen LogP contribution in [0.4, 0.5) is 16.2 Å². The number of nitrogens with one attached hydrogen (secondary N) is 4. The van der Waals surface area contributed by atoms with Crippen molar-refractivity contribution in [1.29, 1.82) is 0 Å². The van der Waals surface area contributed by atoms with Crippen molar-refractivity contribution >= 4 is 41.0 Å². The van der Waals surface area contributed by atoms with Crippen LogP contribution in [0.3, 0.4) is 0 Å². The zero-order valence-corrected chi connectivity index (χ0v) is 20.6. The van der Waals surface area contributed by atoms with Gasteiger partial charge in [0.1, 0.15) is 6.61 Å². The van der Waals surface area contributed by atoms with Crippen molar-refractivity contribution in [2.75, 3.05) is 30.4 Å². The Hall–Kier alpha value is -2.70. The van der Waals surface area contributed by atoms with Crippen molar-refractivity contribution in [3.05, 3.63) is 23.8 Å². The molecule has 3 rings (SSSR count). The lowest BCUT2D eigenvalue weighted by atomic mass is 10.0. The van der Waals surface area contributed by atoms with Gasteiger partial charge in [0.25, 0.3) is 5.91 Å². The van der Waals surface area contributed by atoms with Crippen LogP contribution in [0.15, 0.2) is 18.2 Å². The zero-order valence-electron chi connectivity index (χ0n) is 19.8. The van der Waals surface area contributed by atoms with Crippen molar-refractivity contribution in [3.8, 4) is 0 Å². The molecule has 4 atom stereocenters. The van der Waals surface area contributed by atoms with E-state index in [1.165, 1.54) is 0 Å². The van der Waals surface area contributed by atoms with Gasteiger partial charge in [0.2, 0.25) is 5.91 Å². The fourth-order valence-corrected chi connectivity index (χ4v) is 5.94. The molecule has 2 fully saturated rings. The molecule has 0 aromatic heterocycles. The van der Waals surface area contributed by atoms with Gasteiger partial charge in [-0.1, -0.05) is 6.42 Å². The normalized spacial score (nSPS) is 21.6. The molecular weight excluding hydrogens is 472 g/mol. The van der Waals surface area contributed by atoms with Crippen molar-refractivity contribution in [3.63, 3.8) is 0 Å². The summed E-state index contributed by atoms with van der Waals surface area (Å²) in [5.41, 5.74) is 12.7. The lowest BCUT2D eigenvalue weighted by Gasteiger charge is -2.18. The minimum Gasteiger partial charge on any atom is -0.397 e. The third-order valence-corrected chi connectivity index (χ3v) is 7.84. The molecule has 194 valence electrons. The van der Waals surface area contributed by atoms with Crippen LogP contribution < -0.4 is 32.7 Å². The Morgan fingerprint density at radius 1 is 1.17 bits per heavy atom. The molecule has 4 unspecified atom stereocenters. The Balaban J connectivity index is 1.27. The first-order valence-electron chi connectivity index (χ1n) is 12.0. The van der Waals surface area contributed by atoms with Crippen molar-refractivity contribution in [2.24, 2.45) is 0 Å². The van der Waals surface area contributed by atoms with Gasteiger partial charge in [0, 0.05) is 29.5 Å². The maximum atomic E-state index is 12.3. The van der Waals surface area contributed by atoms with Gasteiger partial charge in [-0.3, -0.25) is 14.8 Å². The van der Waals surface area contributed by atoms with Crippen LogP contribution in [-0.4, -0.2) is 65.4 Å². The average molecular weight is 509 g/mol. The fraction of sp³-hybridized carbons (Fsp3) is 0.609. The number of anilines is 2. The molecule has 9 N–H and O–H groups in total. The summed E-state index contributed by atoms with van der Waals surface area (Å²) in [5, 5.41) is 20.9. The van der Waals surface area contributed by atoms with Crippen LogP contribution in [0.5, 0.6) is 0 Å². The standard InChI is InChI=1S/C23H36N6O5S/c24-16-9-8-14(11-17(16)25)22(31)26-10-4-3-5-15(12-34-33)27-20(30)7-2-1-6-19-21-18(13-35-19)28-23(32)29-21/h8-9,11,15,18-19,21,33H,1-7,10,12-13,24-25H2,(H,26,31)(H,27,30)(H2,28,29,32). The SMILES string of the molecule is Nc1ccc(C(=O)NCCCCC(COO)NC(=O)CCCCC2SCC3NC(=O)NC32)cc1N. The summed E-state index contributed by atoms with van der Waals surface area (Å²) in [7, 11) is 0. The molecule has 35 heavy (non-hydrogen) atoms. The second-order valence-electron chi connectivity index (χ2n) is 9.02. The van der Waals surface area contributed by atoms with Gasteiger partial charge in [-0.2, -0.15) is 11.8 Å². The van der Waals surface area contributed by atoms with Crippen molar-refractivity contribution < 1.29 is 24.5 Å². The van der Waals surface area contributed by atoms with E-state index in [0.717, 1.165) is 31.4 Å². The van der Waals surface area contributed by atoms with Gasteiger partial charge in [-0.05, 0) is 50.3 Å². The summed E-state index contributed by atoms with van der Waals surface area (Å²) in [5.74, 6) is 0.629. The molecule has 0 spiro atoms. The van der Waals surface area contributed by atoms with Gasteiger partial charge in [-0.25, -0.2) is 9.68 Å². The number of nitrogens with two attached hydrogens (primary N) is 2. The molecule has 2 heterocycles. The number of carbonyl (C=O) groups excluding carboxylic acids is 3. The van der Waals surface area contributed by atoms with Crippen LogP contribution in [0.25, 0.3) is 0 Å². The summed E-state index contributed by atoms with van der Waals surface area (Å²) < 4.78 is 0. The maximum absolute atomic E-state index is 12.3. The van der Waals surface area contributed by atoms with E-state index >= 15 is 0 Å². The number of rotatable bonds is 14. The molecule has 2 aliphatic heterocycles. The number of benzene rings is 1. The van der Waals surface area contributed by atoms with Crippen molar-refractivity contribution in [1.82, 2.24) is 21.3 Å². The number of hydrogen-bond acceptors (Lipinski definition) is 8. The monoisotopic (exact) mass is 508 g/mol. The highest BCUT2D eigenvalue weighted by Gasteiger charge is 2.42. The first-order chi connectivity index (χ1) is 16.9. The van der Waals surface area contributed by atoms with Crippen LogP contribution in [-0.2, 0) is 9.68 Å². The van der Waals surface area contributed by atoms with E-state index in [9.17, 15) is 14.4 Å². The molecule has 4 amide bonds. The van der Waals surface area contributed by atoms with E-state index in [4.69, 9.17) is 16.7 Å². The smallest absolute Gasteiger partial charge is 0.315 e. The van der Waals surface area contributed by atoms with Crippen molar-refractivity contribution in [2.45, 2.75) is 68.3 Å². The van der Waals surface area contributed by atoms with Crippen LogP contribution in [0.2, 0.25) is 0 Å². The van der Waals surface area contributed by atoms with Gasteiger partial charge >= 0.3 is 6.03 Å². The van der Waals surface area contributed by atoms with Gasteiger partial charge in [0.15, 0.2) is 0 Å². The summed E-state index contributed by atoms with van der Waals surface area (Å²) in [4.78, 5) is 40.3. The average Bonchev–Trinajstić information content (AvgIpc) is 3.37. The first kappa shape index (κ1) is 26.9. The third-order valence-electron chi connectivity index (χ3n) is 6.34. The van der Waals surface area contributed by atoms with Crippen LogP contribution in [0.1, 0.15) is 55.3 Å². The van der Waals surface area contributed by atoms with E-state index in [1.54, 1.807) is 18.2 Å². The van der Waals surface area contributed by atoms with E-state index < -0.39 is 0 Å². The molecule has 0 saturated carbocycles. The van der Waals surface area contributed by atoms with E-state index in [2.05, 4.69) is 26.2 Å². The molecule has 1 aromatic rings. The summed E-state index contributed by atoms with van der Waals surface area (Å²) in [6.07, 6.45) is 5.09. The lowest BCUT2D eigenvalue weighted by molar-refractivity contribution is -0.246. The summed E-state index contributed by atoms with van der Waals surface area (Å²) in [6.45, 7) is 0.484. The number of unbranched alkanes of at least 4 members (excludes halogenated alkanes) is 2. The van der Waals surface area contributed by atoms with Gasteiger partial charge in [0.05, 0.1) is 29.5 Å². The Kier molecular flexibility index (Phi) is 10.3. The van der Waals surface area contributed by atoms with E-state index in [0.29, 0.717) is 48.0 Å². The highest BCUT2D eigenvalue weighted by Crippen LogP contribution is 2.33. The predicted molar refractivity (Wildman–Crippen MR) is 136 cm³/mol. The minimum atomic E-state index is -0.300. The molecule has 0 radical (unpaired) electrons. The lowest BCUT2D eigenvalue weighted by Crippen LogP contribution is -2.38. The second kappa shape index (κ2) is 13.4. The molecule has 0 aliphatic carbocycles. The fourth-order valence-electron chi connectivity index (χ4n) is 4.40. The number of fused-ring (bicyclic) bond motifs is 1. The third kappa shape index (κ3) is 8.18. The van der Waals surface area contributed by atoms with Gasteiger partial charge < -0.3 is 32.7 Å². The first-order valence-corrected chi connectivity index (χ1v) is 13.1. The number of nitrogen functional groups attached to an aromatic ring is 2. The Labute approximate surface area is 209 Å². The largest absolute Gasteiger partial charge is 0.397 e.